The molecule has 3 aromatic rings. The van der Waals surface area contributed by atoms with Gasteiger partial charge in [-0.15, -0.1) is 0 Å². The number of ether oxygens (including phenoxy) is 3. The standard InChI is InChI=1S/C25H22N2O4S/c1-29-20-12-8-7-11-19(20)26-25-27(18-9-5-4-6-10-18)24(28)23(32-25)16-17-13-14-21(30-2)22(15-17)31-3/h4-16H,1-3H3/b23-16+,26-25?. The molecule has 4 rings (SSSR count). The van der Waals surface area contributed by atoms with E-state index in [9.17, 15) is 4.79 Å². The van der Waals surface area contributed by atoms with Crippen LogP contribution in [0.1, 0.15) is 5.56 Å². The van der Waals surface area contributed by atoms with E-state index in [0.717, 1.165) is 11.3 Å². The molecule has 3 aromatic carbocycles. The van der Waals surface area contributed by atoms with Gasteiger partial charge < -0.3 is 14.2 Å². The number of hydrogen-bond acceptors (Lipinski definition) is 6. The summed E-state index contributed by atoms with van der Waals surface area (Å²) in [5.41, 5.74) is 2.22. The Labute approximate surface area is 191 Å². The Morgan fingerprint density at radius 3 is 2.22 bits per heavy atom. The number of amidine groups is 1. The summed E-state index contributed by atoms with van der Waals surface area (Å²) in [4.78, 5) is 20.3. The Morgan fingerprint density at radius 1 is 0.812 bits per heavy atom. The van der Waals surface area contributed by atoms with Crippen LogP contribution in [-0.4, -0.2) is 32.4 Å². The van der Waals surface area contributed by atoms with Crippen molar-refractivity contribution in [1.29, 1.82) is 0 Å². The SMILES string of the molecule is COc1ccccc1N=C1S/C(=C/c2ccc(OC)c(OC)c2)C(=O)N1c1ccccc1. The highest BCUT2D eigenvalue weighted by Gasteiger charge is 2.35. The molecule has 162 valence electrons. The maximum atomic E-state index is 13.4. The van der Waals surface area contributed by atoms with Gasteiger partial charge in [0.1, 0.15) is 11.4 Å². The van der Waals surface area contributed by atoms with E-state index >= 15 is 0 Å². The average Bonchev–Trinajstić information content (AvgIpc) is 3.14. The Kier molecular flexibility index (Phi) is 6.47. The lowest BCUT2D eigenvalue weighted by molar-refractivity contribution is -0.113. The maximum Gasteiger partial charge on any atom is 0.271 e. The molecular weight excluding hydrogens is 424 g/mol. The zero-order valence-electron chi connectivity index (χ0n) is 17.9. The Hall–Kier alpha value is -3.71. The van der Waals surface area contributed by atoms with Crippen molar-refractivity contribution in [2.24, 2.45) is 4.99 Å². The van der Waals surface area contributed by atoms with E-state index < -0.39 is 0 Å². The molecule has 0 N–H and O–H groups in total. The number of carbonyl (C=O) groups excluding carboxylic acids is 1. The normalized spacial score (nSPS) is 16.0. The summed E-state index contributed by atoms with van der Waals surface area (Å²) in [5.74, 6) is 1.72. The minimum Gasteiger partial charge on any atom is -0.494 e. The predicted octanol–water partition coefficient (Wildman–Crippen LogP) is 5.52. The lowest BCUT2D eigenvalue weighted by Gasteiger charge is -2.16. The second kappa shape index (κ2) is 9.62. The van der Waals surface area contributed by atoms with E-state index in [4.69, 9.17) is 19.2 Å². The van der Waals surface area contributed by atoms with Crippen molar-refractivity contribution in [1.82, 2.24) is 0 Å². The first-order chi connectivity index (χ1) is 15.6. The summed E-state index contributed by atoms with van der Waals surface area (Å²) in [7, 11) is 4.77. The number of amides is 1. The summed E-state index contributed by atoms with van der Waals surface area (Å²) in [6, 6.07) is 22.5. The first-order valence-corrected chi connectivity index (χ1v) is 10.7. The second-order valence-corrected chi connectivity index (χ2v) is 7.78. The molecule has 0 aliphatic carbocycles. The highest BCUT2D eigenvalue weighted by atomic mass is 32.2. The number of nitrogens with zero attached hydrogens (tertiary/aromatic N) is 2. The average molecular weight is 447 g/mol. The molecule has 1 heterocycles. The fraction of sp³-hybridized carbons (Fsp3) is 0.120. The van der Waals surface area contributed by atoms with Crippen molar-refractivity contribution < 1.29 is 19.0 Å². The monoisotopic (exact) mass is 446 g/mol. The van der Waals surface area contributed by atoms with Crippen LogP contribution in [0.25, 0.3) is 6.08 Å². The largest absolute Gasteiger partial charge is 0.494 e. The molecule has 0 radical (unpaired) electrons. The molecule has 0 saturated carbocycles. The minimum atomic E-state index is -0.148. The summed E-state index contributed by atoms with van der Waals surface area (Å²) in [6.45, 7) is 0. The molecule has 1 saturated heterocycles. The molecule has 6 nitrogen and oxygen atoms in total. The van der Waals surface area contributed by atoms with Crippen LogP contribution in [-0.2, 0) is 4.79 Å². The van der Waals surface area contributed by atoms with E-state index in [1.165, 1.54) is 11.8 Å². The molecule has 1 fully saturated rings. The second-order valence-electron chi connectivity index (χ2n) is 6.77. The van der Waals surface area contributed by atoms with Gasteiger partial charge in [-0.2, -0.15) is 0 Å². The molecule has 32 heavy (non-hydrogen) atoms. The molecule has 7 heteroatoms. The number of rotatable bonds is 6. The van der Waals surface area contributed by atoms with Gasteiger partial charge in [0.05, 0.1) is 31.9 Å². The first kappa shape index (κ1) is 21.5. The maximum absolute atomic E-state index is 13.4. The predicted molar refractivity (Wildman–Crippen MR) is 129 cm³/mol. The van der Waals surface area contributed by atoms with Crippen LogP contribution in [0, 0.1) is 0 Å². The molecule has 0 bridgehead atoms. The summed E-state index contributed by atoms with van der Waals surface area (Å²) in [5, 5.41) is 0.553. The van der Waals surface area contributed by atoms with Crippen LogP contribution in [0.5, 0.6) is 17.2 Å². The third-order valence-corrected chi connectivity index (χ3v) is 5.80. The topological polar surface area (TPSA) is 60.4 Å². The van der Waals surface area contributed by atoms with E-state index in [2.05, 4.69) is 0 Å². The van der Waals surface area contributed by atoms with Crippen molar-refractivity contribution in [2.45, 2.75) is 0 Å². The Bertz CT molecular complexity index is 1190. The molecule has 1 amide bonds. The molecule has 0 atom stereocenters. The van der Waals surface area contributed by atoms with Crippen molar-refractivity contribution in [3.05, 3.63) is 83.3 Å². The van der Waals surface area contributed by atoms with Crippen molar-refractivity contribution in [3.8, 4) is 17.2 Å². The van der Waals surface area contributed by atoms with Crippen LogP contribution in [0.4, 0.5) is 11.4 Å². The van der Waals surface area contributed by atoms with Gasteiger partial charge in [0, 0.05) is 0 Å². The lowest BCUT2D eigenvalue weighted by Crippen LogP contribution is -2.28. The Morgan fingerprint density at radius 2 is 1.50 bits per heavy atom. The minimum absolute atomic E-state index is 0.148. The third-order valence-electron chi connectivity index (χ3n) is 4.83. The summed E-state index contributed by atoms with van der Waals surface area (Å²) >= 11 is 1.31. The highest BCUT2D eigenvalue weighted by molar-refractivity contribution is 8.19. The number of hydrogen-bond donors (Lipinski definition) is 0. The zero-order valence-corrected chi connectivity index (χ0v) is 18.8. The number of thioether (sulfide) groups is 1. The molecule has 1 aliphatic rings. The number of aliphatic imine (C=N–C) groups is 1. The van der Waals surface area contributed by atoms with Crippen molar-refractivity contribution >= 4 is 40.3 Å². The van der Waals surface area contributed by atoms with Gasteiger partial charge in [-0.25, -0.2) is 4.99 Å². The highest BCUT2D eigenvalue weighted by Crippen LogP contribution is 2.39. The quantitative estimate of drug-likeness (QED) is 0.467. The van der Waals surface area contributed by atoms with Crippen LogP contribution in [0.2, 0.25) is 0 Å². The summed E-state index contributed by atoms with van der Waals surface area (Å²) < 4.78 is 16.1. The van der Waals surface area contributed by atoms with Crippen molar-refractivity contribution in [2.75, 3.05) is 26.2 Å². The zero-order chi connectivity index (χ0) is 22.5. The van der Waals surface area contributed by atoms with Gasteiger partial charge in [0.25, 0.3) is 5.91 Å². The fourth-order valence-corrected chi connectivity index (χ4v) is 4.27. The van der Waals surface area contributed by atoms with Crippen LogP contribution < -0.4 is 19.1 Å². The van der Waals surface area contributed by atoms with Gasteiger partial charge in [-0.05, 0) is 59.8 Å². The molecule has 0 spiro atoms. The number of benzene rings is 3. The first-order valence-electron chi connectivity index (χ1n) is 9.87. The molecule has 0 unspecified atom stereocenters. The van der Waals surface area contributed by atoms with Crippen LogP contribution in [0.15, 0.2) is 82.7 Å². The smallest absolute Gasteiger partial charge is 0.271 e. The fourth-order valence-electron chi connectivity index (χ4n) is 3.27. The Balaban J connectivity index is 1.78. The van der Waals surface area contributed by atoms with E-state index in [0.29, 0.717) is 33.0 Å². The van der Waals surface area contributed by atoms with E-state index in [1.807, 2.05) is 78.9 Å². The van der Waals surface area contributed by atoms with Gasteiger partial charge in [0.2, 0.25) is 0 Å². The van der Waals surface area contributed by atoms with Gasteiger partial charge in [0.15, 0.2) is 16.7 Å². The van der Waals surface area contributed by atoms with Crippen LogP contribution in [0.3, 0.4) is 0 Å². The number of anilines is 1. The van der Waals surface area contributed by atoms with E-state index in [1.54, 1.807) is 26.2 Å². The lowest BCUT2D eigenvalue weighted by atomic mass is 10.2. The molecule has 1 aliphatic heterocycles. The van der Waals surface area contributed by atoms with E-state index in [-0.39, 0.29) is 5.91 Å². The number of para-hydroxylation sites is 3. The van der Waals surface area contributed by atoms with Crippen molar-refractivity contribution in [3.63, 3.8) is 0 Å². The van der Waals surface area contributed by atoms with Gasteiger partial charge in [-0.3, -0.25) is 9.69 Å². The molecule has 0 aromatic heterocycles. The molecular formula is C25H22N2O4S. The van der Waals surface area contributed by atoms with Crippen LogP contribution >= 0.6 is 11.8 Å². The van der Waals surface area contributed by atoms with Gasteiger partial charge >= 0.3 is 0 Å². The summed E-state index contributed by atoms with van der Waals surface area (Å²) in [6.07, 6.45) is 1.83. The third kappa shape index (κ3) is 4.33. The van der Waals surface area contributed by atoms with Gasteiger partial charge in [-0.1, -0.05) is 36.4 Å². The number of methoxy groups -OCH3 is 3. The number of carbonyl (C=O) groups is 1.